The van der Waals surface area contributed by atoms with Gasteiger partial charge in [0.2, 0.25) is 0 Å². The van der Waals surface area contributed by atoms with E-state index < -0.39 is 11.8 Å². The van der Waals surface area contributed by atoms with Crippen LogP contribution in [-0.2, 0) is 6.54 Å². The van der Waals surface area contributed by atoms with Crippen molar-refractivity contribution < 1.29 is 14.7 Å². The number of aromatic nitrogens is 2. The Morgan fingerprint density at radius 2 is 1.79 bits per heavy atom. The number of rotatable bonds is 4. The molecular formula is C16H19ClN4O3. The molecule has 1 aromatic heterocycles. The van der Waals surface area contributed by atoms with Crippen LogP contribution in [0.15, 0.2) is 24.3 Å². The van der Waals surface area contributed by atoms with Crippen LogP contribution in [0.25, 0.3) is 0 Å². The number of aromatic hydroxyl groups is 1. The maximum absolute atomic E-state index is 12.3. The smallest absolute Gasteiger partial charge is 0.274 e. The van der Waals surface area contributed by atoms with Crippen molar-refractivity contribution >= 4 is 23.4 Å². The first-order chi connectivity index (χ1) is 11.3. The molecular weight excluding hydrogens is 332 g/mol. The van der Waals surface area contributed by atoms with Gasteiger partial charge in [-0.15, -0.1) is 0 Å². The van der Waals surface area contributed by atoms with Gasteiger partial charge in [-0.25, -0.2) is 0 Å². The fourth-order valence-corrected chi connectivity index (χ4v) is 2.47. The highest BCUT2D eigenvalue weighted by Crippen LogP contribution is 2.20. The predicted octanol–water partition coefficient (Wildman–Crippen LogP) is 2.28. The Kier molecular flexibility index (Phi) is 5.46. The van der Waals surface area contributed by atoms with Crippen LogP contribution < -0.4 is 10.9 Å². The van der Waals surface area contributed by atoms with E-state index in [1.807, 2.05) is 13.8 Å². The van der Waals surface area contributed by atoms with Crippen LogP contribution >= 0.6 is 11.6 Å². The van der Waals surface area contributed by atoms with Gasteiger partial charge in [0.25, 0.3) is 11.8 Å². The fourth-order valence-electron chi connectivity index (χ4n) is 2.14. The van der Waals surface area contributed by atoms with Crippen molar-refractivity contribution in [1.82, 2.24) is 20.6 Å². The fraction of sp³-hybridized carbons (Fsp3) is 0.312. The van der Waals surface area contributed by atoms with Gasteiger partial charge in [0.1, 0.15) is 16.5 Å². The lowest BCUT2D eigenvalue weighted by Crippen LogP contribution is -2.41. The molecule has 2 rings (SSSR count). The molecule has 0 bridgehead atoms. The molecule has 0 unspecified atom stereocenters. The van der Waals surface area contributed by atoms with Gasteiger partial charge in [0.05, 0.1) is 5.69 Å². The molecule has 24 heavy (non-hydrogen) atoms. The zero-order valence-electron chi connectivity index (χ0n) is 13.6. The molecule has 1 heterocycles. The quantitative estimate of drug-likeness (QED) is 0.737. The molecule has 2 amide bonds. The summed E-state index contributed by atoms with van der Waals surface area (Å²) in [6.07, 6.45) is 0. The van der Waals surface area contributed by atoms with E-state index in [4.69, 9.17) is 11.6 Å². The Bertz CT molecular complexity index is 753. The van der Waals surface area contributed by atoms with E-state index in [2.05, 4.69) is 16.0 Å². The highest BCUT2D eigenvalue weighted by Gasteiger charge is 2.21. The largest absolute Gasteiger partial charge is 0.508 e. The highest BCUT2D eigenvalue weighted by molar-refractivity contribution is 6.33. The number of hydrogen-bond acceptors (Lipinski definition) is 4. The average Bonchev–Trinajstić information content (AvgIpc) is 2.78. The molecule has 2 aromatic rings. The number of phenols is 1. The average molecular weight is 351 g/mol. The first-order valence-electron chi connectivity index (χ1n) is 7.42. The number of amides is 2. The van der Waals surface area contributed by atoms with Crippen molar-refractivity contribution in [3.8, 4) is 5.75 Å². The summed E-state index contributed by atoms with van der Waals surface area (Å²) in [6, 6.07) is 5.65. The summed E-state index contributed by atoms with van der Waals surface area (Å²) in [5, 5.41) is 13.7. The van der Waals surface area contributed by atoms with Gasteiger partial charge in [-0.1, -0.05) is 25.4 Å². The zero-order chi connectivity index (χ0) is 17.9. The van der Waals surface area contributed by atoms with E-state index in [1.165, 1.54) is 24.3 Å². The Morgan fingerprint density at radius 3 is 2.38 bits per heavy atom. The number of nitrogens with zero attached hydrogens (tertiary/aromatic N) is 2. The third-order valence-corrected chi connectivity index (χ3v) is 3.63. The molecule has 0 saturated carbocycles. The topological polar surface area (TPSA) is 96.3 Å². The molecule has 8 heteroatoms. The second-order valence-corrected chi connectivity index (χ2v) is 6.14. The lowest BCUT2D eigenvalue weighted by atomic mass is 10.2. The van der Waals surface area contributed by atoms with Gasteiger partial charge < -0.3 is 5.11 Å². The van der Waals surface area contributed by atoms with Crippen LogP contribution in [0.1, 0.15) is 40.3 Å². The van der Waals surface area contributed by atoms with Gasteiger partial charge in [0, 0.05) is 12.1 Å². The van der Waals surface area contributed by atoms with Crippen molar-refractivity contribution in [2.75, 3.05) is 0 Å². The first kappa shape index (κ1) is 17.8. The second kappa shape index (κ2) is 7.35. The van der Waals surface area contributed by atoms with Gasteiger partial charge in [-0.2, -0.15) is 5.10 Å². The molecule has 3 N–H and O–H groups in total. The number of carbonyl (C=O) groups is 2. The molecule has 0 aliphatic rings. The van der Waals surface area contributed by atoms with Crippen molar-refractivity contribution in [1.29, 1.82) is 0 Å². The highest BCUT2D eigenvalue weighted by atomic mass is 35.5. The summed E-state index contributed by atoms with van der Waals surface area (Å²) in [5.74, 6) is -0.672. The second-order valence-electron chi connectivity index (χ2n) is 5.78. The van der Waals surface area contributed by atoms with Gasteiger partial charge in [0.15, 0.2) is 0 Å². The van der Waals surface area contributed by atoms with Crippen LogP contribution in [-0.4, -0.2) is 26.7 Å². The third kappa shape index (κ3) is 4.05. The molecule has 0 aliphatic heterocycles. The van der Waals surface area contributed by atoms with Crippen molar-refractivity contribution in [3.05, 3.63) is 46.2 Å². The summed E-state index contributed by atoms with van der Waals surface area (Å²) in [4.78, 5) is 24.2. The lowest BCUT2D eigenvalue weighted by Gasteiger charge is -2.08. The molecule has 0 saturated heterocycles. The normalized spacial score (nSPS) is 10.7. The van der Waals surface area contributed by atoms with Crippen molar-refractivity contribution in [2.45, 2.75) is 27.3 Å². The number of phenolic OH excluding ortho intramolecular Hbond substituents is 1. The monoisotopic (exact) mass is 350 g/mol. The van der Waals surface area contributed by atoms with Gasteiger partial charge in [-0.3, -0.25) is 25.1 Å². The van der Waals surface area contributed by atoms with Crippen molar-refractivity contribution in [2.24, 2.45) is 5.92 Å². The standard InChI is InChI=1S/C16H19ClN4O3/c1-9(2)8-21-14(17)13(10(3)20-21)16(24)19-18-15(23)11-4-6-12(22)7-5-11/h4-7,9,22H,8H2,1-3H3,(H,18,23)(H,19,24). The number of hydrazine groups is 1. The SMILES string of the molecule is Cc1nn(CC(C)C)c(Cl)c1C(=O)NNC(=O)c1ccc(O)cc1. The predicted molar refractivity (Wildman–Crippen MR) is 89.9 cm³/mol. The van der Waals surface area contributed by atoms with E-state index >= 15 is 0 Å². The maximum atomic E-state index is 12.3. The minimum Gasteiger partial charge on any atom is -0.508 e. The molecule has 0 spiro atoms. The van der Waals surface area contributed by atoms with E-state index in [0.717, 1.165) is 0 Å². The van der Waals surface area contributed by atoms with E-state index in [-0.39, 0.29) is 16.5 Å². The molecule has 0 atom stereocenters. The van der Waals surface area contributed by atoms with Crippen LogP contribution in [0, 0.1) is 12.8 Å². The summed E-state index contributed by atoms with van der Waals surface area (Å²) >= 11 is 6.22. The van der Waals surface area contributed by atoms with E-state index in [0.29, 0.717) is 23.7 Å². The molecule has 0 aliphatic carbocycles. The minimum absolute atomic E-state index is 0.0514. The minimum atomic E-state index is -0.542. The van der Waals surface area contributed by atoms with Crippen LogP contribution in [0.4, 0.5) is 0 Å². The van der Waals surface area contributed by atoms with Gasteiger partial charge in [-0.05, 0) is 37.1 Å². The van der Waals surface area contributed by atoms with E-state index in [9.17, 15) is 14.7 Å². The molecule has 7 nitrogen and oxygen atoms in total. The maximum Gasteiger partial charge on any atom is 0.274 e. The molecule has 0 radical (unpaired) electrons. The first-order valence-corrected chi connectivity index (χ1v) is 7.80. The van der Waals surface area contributed by atoms with Crippen LogP contribution in [0.3, 0.4) is 0 Å². The molecule has 128 valence electrons. The Hall–Kier alpha value is -2.54. The number of benzene rings is 1. The summed E-state index contributed by atoms with van der Waals surface area (Å²) < 4.78 is 1.57. The number of nitrogens with one attached hydrogen (secondary N) is 2. The van der Waals surface area contributed by atoms with Crippen molar-refractivity contribution in [3.63, 3.8) is 0 Å². The number of hydrogen-bond donors (Lipinski definition) is 3. The Morgan fingerprint density at radius 1 is 1.21 bits per heavy atom. The van der Waals surface area contributed by atoms with Crippen LogP contribution in [0.2, 0.25) is 5.15 Å². The summed E-state index contributed by atoms with van der Waals surface area (Å²) in [7, 11) is 0. The third-order valence-electron chi connectivity index (χ3n) is 3.25. The Balaban J connectivity index is 2.06. The number of halogens is 1. The Labute approximate surface area is 144 Å². The van der Waals surface area contributed by atoms with Gasteiger partial charge >= 0.3 is 0 Å². The zero-order valence-corrected chi connectivity index (χ0v) is 14.4. The van der Waals surface area contributed by atoms with E-state index in [1.54, 1.807) is 11.6 Å². The molecule has 0 fully saturated rings. The summed E-state index contributed by atoms with van der Waals surface area (Å²) in [6.45, 7) is 6.31. The summed E-state index contributed by atoms with van der Waals surface area (Å²) in [5.41, 5.74) is 5.63. The lowest BCUT2D eigenvalue weighted by molar-refractivity contribution is 0.0846. The number of aryl methyl sites for hydroxylation is 1. The molecule has 1 aromatic carbocycles. The van der Waals surface area contributed by atoms with Crippen LogP contribution in [0.5, 0.6) is 5.75 Å². The number of carbonyl (C=O) groups excluding carboxylic acids is 2.